The molecule has 12 heteroatoms. The van der Waals surface area contributed by atoms with Crippen molar-refractivity contribution < 1.29 is 43.6 Å². The van der Waals surface area contributed by atoms with Gasteiger partial charge in [0.25, 0.3) is 5.69 Å². The van der Waals surface area contributed by atoms with Crippen LogP contribution in [0, 0.1) is 10.1 Å². The van der Waals surface area contributed by atoms with Crippen molar-refractivity contribution in [2.45, 2.75) is 30.6 Å². The van der Waals surface area contributed by atoms with E-state index >= 15 is 0 Å². The molecule has 0 radical (unpaired) electrons. The lowest BCUT2D eigenvalue weighted by Gasteiger charge is -2.29. The molecule has 9 nitrogen and oxygen atoms in total. The molecule has 0 fully saturated rings. The molecule has 0 bridgehead atoms. The minimum Gasteiger partial charge on any atom is -0.394 e. The van der Waals surface area contributed by atoms with E-state index in [9.17, 15) is 43.7 Å². The molecular weight excluding hydrogens is 365 g/mol. The summed E-state index contributed by atoms with van der Waals surface area (Å²) in [6, 6.07) is 1.82. The van der Waals surface area contributed by atoms with E-state index in [-0.39, 0.29) is 5.69 Å². The highest BCUT2D eigenvalue weighted by Crippen LogP contribution is 2.36. The molecule has 4 atom stereocenters. The Morgan fingerprint density at radius 3 is 2.15 bits per heavy atom. The molecular formula is C14H19F3N2O7. The van der Waals surface area contributed by atoms with Gasteiger partial charge in [0.1, 0.15) is 24.0 Å². The fourth-order valence-electron chi connectivity index (χ4n) is 2.22. The first kappa shape index (κ1) is 22.1. The molecule has 0 spiro atoms. The van der Waals surface area contributed by atoms with Crippen LogP contribution < -0.4 is 4.90 Å². The van der Waals surface area contributed by atoms with Crippen molar-refractivity contribution in [1.82, 2.24) is 0 Å². The monoisotopic (exact) mass is 384 g/mol. The number of hydrogen-bond acceptors (Lipinski definition) is 8. The largest absolute Gasteiger partial charge is 0.416 e. The predicted molar refractivity (Wildman–Crippen MR) is 82.5 cm³/mol. The average Bonchev–Trinajstić information content (AvgIpc) is 2.57. The van der Waals surface area contributed by atoms with Crippen molar-refractivity contribution in [3.05, 3.63) is 33.9 Å². The van der Waals surface area contributed by atoms with E-state index < -0.39 is 59.9 Å². The van der Waals surface area contributed by atoms with Gasteiger partial charge in [-0.25, -0.2) is 0 Å². The SMILES string of the molecule is CN(C[C@H](O)[C@H](O)[C@@H](O)[C@H](O)CO)c1ccc(C(F)(F)F)cc1[N+](=O)[O-]. The Kier molecular flexibility index (Phi) is 7.29. The Morgan fingerprint density at radius 1 is 1.15 bits per heavy atom. The summed E-state index contributed by atoms with van der Waals surface area (Å²) in [4.78, 5) is 11.1. The number of rotatable bonds is 8. The highest BCUT2D eigenvalue weighted by molar-refractivity contribution is 5.64. The highest BCUT2D eigenvalue weighted by atomic mass is 19.4. The molecule has 0 aliphatic rings. The molecule has 1 aromatic rings. The third-order valence-electron chi connectivity index (χ3n) is 3.70. The van der Waals surface area contributed by atoms with Gasteiger partial charge in [0.15, 0.2) is 0 Å². The van der Waals surface area contributed by atoms with E-state index in [0.29, 0.717) is 12.1 Å². The molecule has 1 aromatic carbocycles. The molecule has 0 aromatic heterocycles. The van der Waals surface area contributed by atoms with Crippen molar-refractivity contribution >= 4 is 11.4 Å². The lowest BCUT2D eigenvalue weighted by Crippen LogP contribution is -2.49. The molecule has 1 rings (SSSR count). The van der Waals surface area contributed by atoms with Crippen LogP contribution >= 0.6 is 0 Å². The van der Waals surface area contributed by atoms with Crippen molar-refractivity contribution in [2.75, 3.05) is 25.1 Å². The Morgan fingerprint density at radius 2 is 1.69 bits per heavy atom. The second kappa shape index (κ2) is 8.60. The predicted octanol–water partition coefficient (Wildman–Crippen LogP) is -0.514. The number of alkyl halides is 3. The van der Waals surface area contributed by atoms with Gasteiger partial charge in [-0.15, -0.1) is 0 Å². The molecule has 0 amide bonds. The number of nitro groups is 1. The molecule has 0 saturated carbocycles. The number of nitrogens with zero attached hydrogens (tertiary/aromatic N) is 2. The Balaban J connectivity index is 3.02. The van der Waals surface area contributed by atoms with Crippen LogP contribution in [-0.2, 0) is 6.18 Å². The Bertz CT molecular complexity index is 629. The van der Waals surface area contributed by atoms with Gasteiger partial charge >= 0.3 is 6.18 Å². The van der Waals surface area contributed by atoms with Gasteiger partial charge in [-0.1, -0.05) is 0 Å². The van der Waals surface area contributed by atoms with E-state index in [1.807, 2.05) is 0 Å². The van der Waals surface area contributed by atoms with Gasteiger partial charge in [-0.3, -0.25) is 10.1 Å². The van der Waals surface area contributed by atoms with Crippen molar-refractivity contribution in [3.63, 3.8) is 0 Å². The van der Waals surface area contributed by atoms with Crippen molar-refractivity contribution in [1.29, 1.82) is 0 Å². The molecule has 148 valence electrons. The van der Waals surface area contributed by atoms with E-state index in [2.05, 4.69) is 0 Å². The average molecular weight is 384 g/mol. The molecule has 0 heterocycles. The summed E-state index contributed by atoms with van der Waals surface area (Å²) >= 11 is 0. The van der Waals surface area contributed by atoms with Crippen molar-refractivity contribution in [2.24, 2.45) is 0 Å². The summed E-state index contributed by atoms with van der Waals surface area (Å²) < 4.78 is 38.1. The summed E-state index contributed by atoms with van der Waals surface area (Å²) in [6.45, 7) is -1.40. The van der Waals surface area contributed by atoms with E-state index in [1.165, 1.54) is 7.05 Å². The zero-order chi connectivity index (χ0) is 20.2. The number of likely N-dealkylation sites (N-methyl/N-ethyl adjacent to an activating group) is 1. The molecule has 0 unspecified atom stereocenters. The Hall–Kier alpha value is -1.99. The normalized spacial score (nSPS) is 16.7. The summed E-state index contributed by atoms with van der Waals surface area (Å²) in [6.07, 6.45) is -12.0. The number of aliphatic hydroxyl groups is 5. The van der Waals surface area contributed by atoms with Gasteiger partial charge in [0.05, 0.1) is 23.2 Å². The lowest BCUT2D eigenvalue weighted by atomic mass is 10.0. The molecule has 0 aliphatic carbocycles. The third kappa shape index (κ3) is 5.25. The van der Waals surface area contributed by atoms with E-state index in [4.69, 9.17) is 5.11 Å². The minimum absolute atomic E-state index is 0.258. The molecule has 26 heavy (non-hydrogen) atoms. The van der Waals surface area contributed by atoms with Crippen LogP contribution in [0.25, 0.3) is 0 Å². The Labute approximate surface area is 145 Å². The van der Waals surface area contributed by atoms with Gasteiger partial charge < -0.3 is 30.4 Å². The summed E-state index contributed by atoms with van der Waals surface area (Å²) in [5.41, 5.74) is -2.34. The maximum Gasteiger partial charge on any atom is 0.416 e. The number of nitro benzene ring substituents is 1. The highest BCUT2D eigenvalue weighted by Gasteiger charge is 2.35. The van der Waals surface area contributed by atoms with Crippen LogP contribution in [0.2, 0.25) is 0 Å². The number of benzene rings is 1. The van der Waals surface area contributed by atoms with E-state index in [1.54, 1.807) is 0 Å². The lowest BCUT2D eigenvalue weighted by molar-refractivity contribution is -0.384. The molecule has 5 N–H and O–H groups in total. The van der Waals surface area contributed by atoms with Crippen LogP contribution in [0.4, 0.5) is 24.5 Å². The van der Waals surface area contributed by atoms with Crippen LogP contribution in [0.5, 0.6) is 0 Å². The zero-order valence-corrected chi connectivity index (χ0v) is 13.5. The second-order valence-electron chi connectivity index (χ2n) is 5.64. The molecule has 0 aliphatic heterocycles. The minimum atomic E-state index is -4.78. The maximum absolute atomic E-state index is 12.7. The summed E-state index contributed by atoms with van der Waals surface area (Å²) in [5.74, 6) is 0. The smallest absolute Gasteiger partial charge is 0.394 e. The quantitative estimate of drug-likeness (QED) is 0.297. The van der Waals surface area contributed by atoms with Crippen LogP contribution in [0.1, 0.15) is 5.56 Å². The van der Waals surface area contributed by atoms with Gasteiger partial charge in [-0.05, 0) is 12.1 Å². The van der Waals surface area contributed by atoms with Gasteiger partial charge in [-0.2, -0.15) is 13.2 Å². The standard InChI is InChI=1S/C14H19F3N2O7/c1-18(5-10(21)12(23)13(24)11(22)6-20)8-3-2-7(14(15,16)17)4-9(8)19(25)26/h2-4,10-13,20-24H,5-6H2,1H3/t10-,11+,12-,13-/m0/s1. The number of anilines is 1. The van der Waals surface area contributed by atoms with Crippen LogP contribution in [0.3, 0.4) is 0 Å². The number of halogens is 3. The third-order valence-corrected chi connectivity index (χ3v) is 3.70. The number of aliphatic hydroxyl groups excluding tert-OH is 5. The van der Waals surface area contributed by atoms with Crippen LogP contribution in [-0.4, -0.2) is 75.1 Å². The van der Waals surface area contributed by atoms with Gasteiger partial charge in [0, 0.05) is 19.7 Å². The van der Waals surface area contributed by atoms with Crippen molar-refractivity contribution in [3.8, 4) is 0 Å². The first-order valence-corrected chi connectivity index (χ1v) is 7.30. The van der Waals surface area contributed by atoms with Gasteiger partial charge in [0.2, 0.25) is 0 Å². The first-order valence-electron chi connectivity index (χ1n) is 7.30. The van der Waals surface area contributed by atoms with E-state index in [0.717, 1.165) is 11.0 Å². The summed E-state index contributed by atoms with van der Waals surface area (Å²) in [5, 5.41) is 58.2. The fourth-order valence-corrected chi connectivity index (χ4v) is 2.22. The van der Waals surface area contributed by atoms with Crippen LogP contribution in [0.15, 0.2) is 18.2 Å². The zero-order valence-electron chi connectivity index (χ0n) is 13.5. The second-order valence-corrected chi connectivity index (χ2v) is 5.64. The summed E-state index contributed by atoms with van der Waals surface area (Å²) in [7, 11) is 1.22. The topological polar surface area (TPSA) is 148 Å². The fraction of sp³-hybridized carbons (Fsp3) is 0.571. The first-order chi connectivity index (χ1) is 11.9. The number of hydrogen-bond donors (Lipinski definition) is 5. The maximum atomic E-state index is 12.7. The molecule has 0 saturated heterocycles.